The predicted octanol–water partition coefficient (Wildman–Crippen LogP) is 2.67. The van der Waals surface area contributed by atoms with Crippen LogP contribution in [0.3, 0.4) is 0 Å². The molecule has 1 aliphatic rings. The molecule has 7 heteroatoms. The highest BCUT2D eigenvalue weighted by atomic mass is 32.2. The molecule has 1 fully saturated rings. The number of carbonyl (C=O) groups is 1. The lowest BCUT2D eigenvalue weighted by Crippen LogP contribution is -2.49. The molecule has 2 aromatic rings. The summed E-state index contributed by atoms with van der Waals surface area (Å²) < 4.78 is 32.4. The van der Waals surface area contributed by atoms with Crippen LogP contribution >= 0.6 is 0 Å². The molecule has 1 saturated carbocycles. The van der Waals surface area contributed by atoms with Crippen LogP contribution in [0.1, 0.15) is 24.8 Å². The summed E-state index contributed by atoms with van der Waals surface area (Å²) in [6.45, 7) is 0.952. The molecule has 0 atom stereocenters. The SMILES string of the molecule is COCCNC(=O)C1(c2ccc(NS(=O)(=O)c3ccccc3)cc2)CCC1. The maximum atomic E-state index is 12.6. The zero-order chi connectivity index (χ0) is 19.3. The number of methoxy groups -OCH3 is 1. The van der Waals surface area contributed by atoms with Crippen LogP contribution in [0.25, 0.3) is 0 Å². The van der Waals surface area contributed by atoms with E-state index in [1.54, 1.807) is 49.6 Å². The Morgan fingerprint density at radius 2 is 1.74 bits per heavy atom. The van der Waals surface area contributed by atoms with Crippen molar-refractivity contribution in [1.82, 2.24) is 5.32 Å². The summed E-state index contributed by atoms with van der Waals surface area (Å²) in [5, 5.41) is 2.92. The molecule has 0 spiro atoms. The van der Waals surface area contributed by atoms with Gasteiger partial charge in [0.25, 0.3) is 10.0 Å². The average Bonchev–Trinajstić information content (AvgIpc) is 2.63. The summed E-state index contributed by atoms with van der Waals surface area (Å²) in [5.74, 6) is 0.00316. The lowest BCUT2D eigenvalue weighted by molar-refractivity contribution is -0.130. The maximum absolute atomic E-state index is 12.6. The number of carbonyl (C=O) groups excluding carboxylic acids is 1. The van der Waals surface area contributed by atoms with Gasteiger partial charge in [0.15, 0.2) is 0 Å². The first kappa shape index (κ1) is 19.4. The van der Waals surface area contributed by atoms with E-state index in [2.05, 4.69) is 10.0 Å². The number of anilines is 1. The summed E-state index contributed by atoms with van der Waals surface area (Å²) in [6, 6.07) is 15.3. The number of hydrogen-bond acceptors (Lipinski definition) is 4. The van der Waals surface area contributed by atoms with Gasteiger partial charge < -0.3 is 10.1 Å². The van der Waals surface area contributed by atoms with Gasteiger partial charge in [-0.15, -0.1) is 0 Å². The number of benzene rings is 2. The van der Waals surface area contributed by atoms with Gasteiger partial charge in [0.2, 0.25) is 5.91 Å². The van der Waals surface area contributed by atoms with Crippen molar-refractivity contribution in [2.24, 2.45) is 0 Å². The normalized spacial score (nSPS) is 15.6. The third kappa shape index (κ3) is 4.14. The number of rotatable bonds is 8. The highest BCUT2D eigenvalue weighted by Crippen LogP contribution is 2.44. The first-order chi connectivity index (χ1) is 13.0. The second kappa shape index (κ2) is 8.10. The van der Waals surface area contributed by atoms with Crippen molar-refractivity contribution in [1.29, 1.82) is 0 Å². The van der Waals surface area contributed by atoms with Crippen molar-refractivity contribution in [2.45, 2.75) is 29.6 Å². The molecule has 0 heterocycles. The lowest BCUT2D eigenvalue weighted by Gasteiger charge is -2.40. The molecule has 0 unspecified atom stereocenters. The smallest absolute Gasteiger partial charge is 0.261 e. The topological polar surface area (TPSA) is 84.5 Å². The summed E-state index contributed by atoms with van der Waals surface area (Å²) >= 11 is 0. The van der Waals surface area contributed by atoms with Gasteiger partial charge in [0.1, 0.15) is 0 Å². The predicted molar refractivity (Wildman–Crippen MR) is 104 cm³/mol. The fraction of sp³-hybridized carbons (Fsp3) is 0.350. The Morgan fingerprint density at radius 3 is 2.30 bits per heavy atom. The molecule has 6 nitrogen and oxygen atoms in total. The van der Waals surface area contributed by atoms with Crippen molar-refractivity contribution < 1.29 is 17.9 Å². The highest BCUT2D eigenvalue weighted by molar-refractivity contribution is 7.92. The number of amides is 1. The summed E-state index contributed by atoms with van der Waals surface area (Å²) in [6.07, 6.45) is 2.59. The molecule has 1 aliphatic carbocycles. The summed E-state index contributed by atoms with van der Waals surface area (Å²) in [4.78, 5) is 12.9. The van der Waals surface area contributed by atoms with Crippen molar-refractivity contribution in [2.75, 3.05) is 25.0 Å². The molecule has 144 valence electrons. The minimum absolute atomic E-state index is 0.00316. The Labute approximate surface area is 160 Å². The van der Waals surface area contributed by atoms with Crippen molar-refractivity contribution >= 4 is 21.6 Å². The van der Waals surface area contributed by atoms with Gasteiger partial charge in [-0.2, -0.15) is 0 Å². The van der Waals surface area contributed by atoms with Crippen molar-refractivity contribution in [3.05, 3.63) is 60.2 Å². The number of ether oxygens (including phenoxy) is 1. The molecular formula is C20H24N2O4S. The third-order valence-electron chi connectivity index (χ3n) is 4.98. The van der Waals surface area contributed by atoms with Gasteiger partial charge in [0, 0.05) is 19.3 Å². The molecule has 2 aromatic carbocycles. The molecule has 0 aromatic heterocycles. The van der Waals surface area contributed by atoms with Crippen LogP contribution in [0.4, 0.5) is 5.69 Å². The Bertz CT molecular complexity index is 876. The highest BCUT2D eigenvalue weighted by Gasteiger charge is 2.45. The molecule has 0 radical (unpaired) electrons. The summed E-state index contributed by atoms with van der Waals surface area (Å²) in [7, 11) is -2.03. The zero-order valence-corrected chi connectivity index (χ0v) is 16.1. The van der Waals surface area contributed by atoms with Gasteiger partial charge >= 0.3 is 0 Å². The van der Waals surface area contributed by atoms with Crippen LogP contribution in [-0.2, 0) is 25.0 Å². The number of sulfonamides is 1. The molecule has 0 aliphatic heterocycles. The largest absolute Gasteiger partial charge is 0.383 e. The van der Waals surface area contributed by atoms with E-state index < -0.39 is 15.4 Å². The van der Waals surface area contributed by atoms with Gasteiger partial charge in [-0.25, -0.2) is 8.42 Å². The average molecular weight is 388 g/mol. The number of hydrogen-bond donors (Lipinski definition) is 2. The zero-order valence-electron chi connectivity index (χ0n) is 15.3. The van der Waals surface area contributed by atoms with E-state index in [1.807, 2.05) is 12.1 Å². The summed E-state index contributed by atoms with van der Waals surface area (Å²) in [5.41, 5.74) is 0.855. The Hall–Kier alpha value is -2.38. The first-order valence-electron chi connectivity index (χ1n) is 8.94. The lowest BCUT2D eigenvalue weighted by atomic mass is 9.64. The first-order valence-corrected chi connectivity index (χ1v) is 10.4. The van der Waals surface area contributed by atoms with Crippen LogP contribution < -0.4 is 10.0 Å². The van der Waals surface area contributed by atoms with Crippen molar-refractivity contribution in [3.8, 4) is 0 Å². The van der Waals surface area contributed by atoms with Gasteiger partial charge in [-0.05, 0) is 42.7 Å². The second-order valence-corrected chi connectivity index (χ2v) is 8.36. The standard InChI is InChI=1S/C20H24N2O4S/c1-26-15-14-21-19(23)20(12-5-13-20)16-8-10-17(11-9-16)22-27(24,25)18-6-3-2-4-7-18/h2-4,6-11,22H,5,12-15H2,1H3,(H,21,23). The molecule has 3 rings (SSSR count). The molecular weight excluding hydrogens is 364 g/mol. The van der Waals surface area contributed by atoms with E-state index in [4.69, 9.17) is 4.74 Å². The van der Waals surface area contributed by atoms with E-state index in [1.165, 1.54) is 0 Å². The van der Waals surface area contributed by atoms with Gasteiger partial charge in [0.05, 0.1) is 16.9 Å². The second-order valence-electron chi connectivity index (χ2n) is 6.68. The van der Waals surface area contributed by atoms with E-state index in [0.29, 0.717) is 18.8 Å². The van der Waals surface area contributed by atoms with Gasteiger partial charge in [-0.3, -0.25) is 9.52 Å². The minimum Gasteiger partial charge on any atom is -0.383 e. The van der Waals surface area contributed by atoms with Crippen LogP contribution in [0.15, 0.2) is 59.5 Å². The quantitative estimate of drug-likeness (QED) is 0.681. The van der Waals surface area contributed by atoms with E-state index in [0.717, 1.165) is 24.8 Å². The molecule has 2 N–H and O–H groups in total. The molecule has 1 amide bonds. The molecule has 27 heavy (non-hydrogen) atoms. The molecule has 0 bridgehead atoms. The Morgan fingerprint density at radius 1 is 1.07 bits per heavy atom. The van der Waals surface area contributed by atoms with Crippen LogP contribution in [0.2, 0.25) is 0 Å². The minimum atomic E-state index is -3.63. The third-order valence-corrected chi connectivity index (χ3v) is 6.37. The van der Waals surface area contributed by atoms with E-state index in [-0.39, 0.29) is 10.8 Å². The monoisotopic (exact) mass is 388 g/mol. The van der Waals surface area contributed by atoms with Crippen molar-refractivity contribution in [3.63, 3.8) is 0 Å². The van der Waals surface area contributed by atoms with Gasteiger partial charge in [-0.1, -0.05) is 36.8 Å². The van der Waals surface area contributed by atoms with Crippen LogP contribution in [0.5, 0.6) is 0 Å². The Balaban J connectivity index is 1.74. The molecule has 0 saturated heterocycles. The van der Waals surface area contributed by atoms with E-state index >= 15 is 0 Å². The van der Waals surface area contributed by atoms with Crippen LogP contribution in [-0.4, -0.2) is 34.6 Å². The maximum Gasteiger partial charge on any atom is 0.261 e. The Kier molecular flexibility index (Phi) is 5.82. The number of nitrogens with one attached hydrogen (secondary N) is 2. The van der Waals surface area contributed by atoms with Crippen LogP contribution in [0, 0.1) is 0 Å². The fourth-order valence-electron chi connectivity index (χ4n) is 3.28. The van der Waals surface area contributed by atoms with E-state index in [9.17, 15) is 13.2 Å². The fourth-order valence-corrected chi connectivity index (χ4v) is 4.36.